The van der Waals surface area contributed by atoms with Crippen molar-refractivity contribution >= 4 is 21.4 Å². The van der Waals surface area contributed by atoms with E-state index < -0.39 is 10.0 Å². The second kappa shape index (κ2) is 4.71. The van der Waals surface area contributed by atoms with Gasteiger partial charge in [0.1, 0.15) is 4.90 Å². The van der Waals surface area contributed by atoms with Crippen molar-refractivity contribution in [2.45, 2.75) is 18.2 Å². The molecule has 0 aliphatic carbocycles. The van der Waals surface area contributed by atoms with Crippen LogP contribution < -0.4 is 15.8 Å². The minimum Gasteiger partial charge on any atom is -0.399 e. The van der Waals surface area contributed by atoms with Crippen LogP contribution in [0.5, 0.6) is 0 Å². The normalized spacial score (nSPS) is 11.4. The summed E-state index contributed by atoms with van der Waals surface area (Å²) in [5, 5.41) is 5.15. The van der Waals surface area contributed by atoms with Gasteiger partial charge in [0.05, 0.1) is 5.69 Å². The molecule has 0 spiro atoms. The van der Waals surface area contributed by atoms with Gasteiger partial charge >= 0.3 is 0 Å². The van der Waals surface area contributed by atoms with E-state index in [1.54, 1.807) is 12.1 Å². The van der Waals surface area contributed by atoms with E-state index in [9.17, 15) is 8.42 Å². The quantitative estimate of drug-likeness (QED) is 0.764. The number of hydrogen-bond acceptors (Lipinski definition) is 4. The Balaban J connectivity index is 3.29. The summed E-state index contributed by atoms with van der Waals surface area (Å²) in [6.07, 6.45) is 0.922. The van der Waals surface area contributed by atoms with Gasteiger partial charge in [-0.3, -0.25) is 0 Å². The molecule has 0 fully saturated rings. The van der Waals surface area contributed by atoms with E-state index in [1.807, 2.05) is 18.9 Å². The van der Waals surface area contributed by atoms with Crippen molar-refractivity contribution in [1.29, 1.82) is 0 Å². The molecular weight excluding hydrogens is 226 g/mol. The Kier molecular flexibility index (Phi) is 3.77. The highest BCUT2D eigenvalue weighted by Crippen LogP contribution is 2.25. The van der Waals surface area contributed by atoms with Crippen LogP contribution in [-0.2, 0) is 10.0 Å². The van der Waals surface area contributed by atoms with Crippen molar-refractivity contribution in [1.82, 2.24) is 0 Å². The summed E-state index contributed by atoms with van der Waals surface area (Å²) < 4.78 is 22.8. The molecule has 16 heavy (non-hydrogen) atoms. The minimum absolute atomic E-state index is 0.0726. The second-order valence-electron chi connectivity index (χ2n) is 3.69. The smallest absolute Gasteiger partial charge is 0.240 e. The maximum Gasteiger partial charge on any atom is 0.240 e. The highest BCUT2D eigenvalue weighted by Gasteiger charge is 2.16. The van der Waals surface area contributed by atoms with Gasteiger partial charge in [-0.05, 0) is 24.6 Å². The Morgan fingerprint density at radius 1 is 1.38 bits per heavy atom. The lowest BCUT2D eigenvalue weighted by Gasteiger charge is -2.21. The van der Waals surface area contributed by atoms with Crippen molar-refractivity contribution in [2.24, 2.45) is 5.14 Å². The molecule has 0 unspecified atom stereocenters. The van der Waals surface area contributed by atoms with Crippen LogP contribution in [0.3, 0.4) is 0 Å². The van der Waals surface area contributed by atoms with E-state index in [0.717, 1.165) is 13.0 Å². The van der Waals surface area contributed by atoms with Crippen LogP contribution in [0.15, 0.2) is 23.1 Å². The number of sulfonamides is 1. The molecule has 0 amide bonds. The van der Waals surface area contributed by atoms with Gasteiger partial charge in [-0.2, -0.15) is 0 Å². The molecule has 1 aromatic carbocycles. The average Bonchev–Trinajstić information content (AvgIpc) is 2.16. The molecule has 0 saturated carbocycles. The van der Waals surface area contributed by atoms with E-state index >= 15 is 0 Å². The zero-order chi connectivity index (χ0) is 12.3. The molecule has 4 N–H and O–H groups in total. The standard InChI is InChI=1S/C10H17N3O2S/c1-3-6-13(2)9-5-4-8(11)7-10(9)16(12,14)15/h4-5,7H,3,6,11H2,1-2H3,(H2,12,14,15). The molecule has 90 valence electrons. The Morgan fingerprint density at radius 2 is 2.00 bits per heavy atom. The summed E-state index contributed by atoms with van der Waals surface area (Å²) in [6, 6.07) is 4.72. The molecule has 0 aliphatic heterocycles. The molecule has 0 aliphatic rings. The van der Waals surface area contributed by atoms with Gasteiger partial charge in [0.15, 0.2) is 0 Å². The van der Waals surface area contributed by atoms with Crippen LogP contribution in [0.4, 0.5) is 11.4 Å². The van der Waals surface area contributed by atoms with E-state index in [4.69, 9.17) is 10.9 Å². The van der Waals surface area contributed by atoms with Gasteiger partial charge in [0.25, 0.3) is 0 Å². The van der Waals surface area contributed by atoms with E-state index in [-0.39, 0.29) is 4.90 Å². The predicted molar refractivity (Wildman–Crippen MR) is 65.8 cm³/mol. The van der Waals surface area contributed by atoms with E-state index in [2.05, 4.69) is 0 Å². The third-order valence-corrected chi connectivity index (χ3v) is 3.20. The largest absolute Gasteiger partial charge is 0.399 e. The molecule has 1 rings (SSSR count). The number of anilines is 2. The fourth-order valence-electron chi connectivity index (χ4n) is 1.53. The summed E-state index contributed by atoms with van der Waals surface area (Å²) in [5.74, 6) is 0. The monoisotopic (exact) mass is 243 g/mol. The highest BCUT2D eigenvalue weighted by atomic mass is 32.2. The number of nitrogens with two attached hydrogens (primary N) is 2. The molecular formula is C10H17N3O2S. The lowest BCUT2D eigenvalue weighted by molar-refractivity contribution is 0.597. The lowest BCUT2D eigenvalue weighted by atomic mass is 10.2. The molecule has 1 aromatic rings. The summed E-state index contributed by atoms with van der Waals surface area (Å²) >= 11 is 0. The fraction of sp³-hybridized carbons (Fsp3) is 0.400. The first-order valence-electron chi connectivity index (χ1n) is 4.99. The SMILES string of the molecule is CCCN(C)c1ccc(N)cc1S(N)(=O)=O. The molecule has 0 heterocycles. The molecule has 0 atom stereocenters. The average molecular weight is 243 g/mol. The Hall–Kier alpha value is -1.27. The zero-order valence-electron chi connectivity index (χ0n) is 9.47. The summed E-state index contributed by atoms with van der Waals surface area (Å²) in [6.45, 7) is 2.77. The number of rotatable bonds is 4. The molecule has 0 bridgehead atoms. The summed E-state index contributed by atoms with van der Waals surface area (Å²) in [5.41, 5.74) is 6.53. The third-order valence-electron chi connectivity index (χ3n) is 2.26. The summed E-state index contributed by atoms with van der Waals surface area (Å²) in [7, 11) is -1.92. The number of nitrogen functional groups attached to an aromatic ring is 1. The fourth-order valence-corrected chi connectivity index (χ4v) is 2.35. The molecule has 6 heteroatoms. The maximum atomic E-state index is 11.4. The van der Waals surface area contributed by atoms with Crippen LogP contribution in [0.25, 0.3) is 0 Å². The third kappa shape index (κ3) is 2.86. The number of hydrogen-bond donors (Lipinski definition) is 2. The van der Waals surface area contributed by atoms with Gasteiger partial charge in [0, 0.05) is 19.3 Å². The van der Waals surface area contributed by atoms with Crippen molar-refractivity contribution < 1.29 is 8.42 Å². The number of benzene rings is 1. The van der Waals surface area contributed by atoms with Crippen molar-refractivity contribution in [3.8, 4) is 0 Å². The van der Waals surface area contributed by atoms with Crippen LogP contribution >= 0.6 is 0 Å². The van der Waals surface area contributed by atoms with Crippen LogP contribution in [0.2, 0.25) is 0 Å². The first-order chi connectivity index (χ1) is 7.36. The summed E-state index contributed by atoms with van der Waals surface area (Å²) in [4.78, 5) is 1.92. The Bertz CT molecular complexity index is 471. The molecule has 0 aromatic heterocycles. The zero-order valence-corrected chi connectivity index (χ0v) is 10.3. The molecule has 0 saturated heterocycles. The predicted octanol–water partition coefficient (Wildman–Crippen LogP) is 0.762. The topological polar surface area (TPSA) is 89.4 Å². The first kappa shape index (κ1) is 12.8. The lowest BCUT2D eigenvalue weighted by Crippen LogP contribution is -2.23. The molecule has 0 radical (unpaired) electrons. The van der Waals surface area contributed by atoms with Gasteiger partial charge in [-0.15, -0.1) is 0 Å². The van der Waals surface area contributed by atoms with Crippen molar-refractivity contribution in [3.05, 3.63) is 18.2 Å². The maximum absolute atomic E-state index is 11.4. The number of nitrogens with zero attached hydrogens (tertiary/aromatic N) is 1. The van der Waals surface area contributed by atoms with Crippen LogP contribution in [0.1, 0.15) is 13.3 Å². The van der Waals surface area contributed by atoms with E-state index in [1.165, 1.54) is 6.07 Å². The van der Waals surface area contributed by atoms with Gasteiger partial charge in [0.2, 0.25) is 10.0 Å². The minimum atomic E-state index is -3.74. The number of primary sulfonamides is 1. The first-order valence-corrected chi connectivity index (χ1v) is 6.54. The Labute approximate surface area is 96.1 Å². The van der Waals surface area contributed by atoms with Crippen LogP contribution in [-0.4, -0.2) is 22.0 Å². The van der Waals surface area contributed by atoms with Gasteiger partial charge in [-0.25, -0.2) is 13.6 Å². The van der Waals surface area contributed by atoms with Gasteiger partial charge < -0.3 is 10.6 Å². The van der Waals surface area contributed by atoms with Crippen molar-refractivity contribution in [2.75, 3.05) is 24.2 Å². The van der Waals surface area contributed by atoms with Crippen molar-refractivity contribution in [3.63, 3.8) is 0 Å². The van der Waals surface area contributed by atoms with Crippen LogP contribution in [0, 0.1) is 0 Å². The van der Waals surface area contributed by atoms with Gasteiger partial charge in [-0.1, -0.05) is 6.92 Å². The second-order valence-corrected chi connectivity index (χ2v) is 5.22. The van der Waals surface area contributed by atoms with E-state index in [0.29, 0.717) is 11.4 Å². The highest BCUT2D eigenvalue weighted by molar-refractivity contribution is 7.89. The Morgan fingerprint density at radius 3 is 2.50 bits per heavy atom. The molecule has 5 nitrogen and oxygen atoms in total.